The monoisotopic (exact) mass is 1570 g/mol. The number of piperidine rings is 1. The fourth-order valence-corrected chi connectivity index (χ4v) is 14.4. The van der Waals surface area contributed by atoms with E-state index in [4.69, 9.17) is 11.6 Å². The molecule has 0 bridgehead atoms. The lowest BCUT2D eigenvalue weighted by Crippen LogP contribution is -2.63. The summed E-state index contributed by atoms with van der Waals surface area (Å²) >= 11 is 6.50. The van der Waals surface area contributed by atoms with Crippen LogP contribution in [0.3, 0.4) is 0 Å². The van der Waals surface area contributed by atoms with Crippen LogP contribution in [0.1, 0.15) is 177 Å². The number of carbonyl (C=O) groups is 12. The highest BCUT2D eigenvalue weighted by atomic mass is 35.5. The first-order valence-corrected chi connectivity index (χ1v) is 40.9. The molecule has 2 aliphatic heterocycles. The van der Waals surface area contributed by atoms with Gasteiger partial charge in [-0.25, -0.2) is 8.42 Å². The van der Waals surface area contributed by atoms with Crippen molar-refractivity contribution in [3.05, 3.63) is 70.7 Å². The normalized spacial score (nSPS) is 24.1. The van der Waals surface area contributed by atoms with Gasteiger partial charge in [0, 0.05) is 85.7 Å². The molecule has 0 spiro atoms. The van der Waals surface area contributed by atoms with Gasteiger partial charge < -0.3 is 65.4 Å². The molecule has 2 aromatic rings. The van der Waals surface area contributed by atoms with Crippen LogP contribution in [0.5, 0.6) is 0 Å². The van der Waals surface area contributed by atoms with Crippen molar-refractivity contribution in [3.8, 4) is 0 Å². The second-order valence-electron chi connectivity index (χ2n) is 31.3. The highest BCUT2D eigenvalue weighted by Gasteiger charge is 2.44. The minimum Gasteiger partial charge on any atom is -0.391 e. The number of carbonyl (C=O) groups excluding carboxylic acids is 12. The molecule has 612 valence electrons. The topological polar surface area (TPSA) is 366 Å². The van der Waals surface area contributed by atoms with Crippen molar-refractivity contribution in [2.24, 2.45) is 23.7 Å². The minimum atomic E-state index is -4.14. The third-order valence-corrected chi connectivity index (χ3v) is 20.8. The molecular weight excluding hydrogens is 1440 g/mol. The van der Waals surface area contributed by atoms with Crippen molar-refractivity contribution in [1.82, 2.24) is 65.2 Å². The summed E-state index contributed by atoms with van der Waals surface area (Å²) in [6.45, 7) is 19.0. The summed E-state index contributed by atoms with van der Waals surface area (Å²) in [5.74, 6) is -10.4. The van der Waals surface area contributed by atoms with Crippen molar-refractivity contribution in [2.45, 2.75) is 246 Å². The summed E-state index contributed by atoms with van der Waals surface area (Å²) in [6.07, 6.45) is -0.789. The van der Waals surface area contributed by atoms with Crippen molar-refractivity contribution >= 4 is 92.5 Å². The lowest BCUT2D eigenvalue weighted by atomic mass is 9.96. The number of sulfonamides is 1. The molecule has 4 rings (SSSR count). The SMILES string of the molecule is CCCCN1CC(=O)N(C)[C@@H](Cc2cccc(Cl)c2)C(=O)N[C@@H](CCC(=O)NS(C)(=O)=O)C(=O)N(C)[C@@H](CC(C)C)C(O)N[C@@H]([C@@H](C)O)C(=O)N(CCCC)CC(=O)N(C)[C@@H](Cc2ccccc2)C(=O)N(C)[C@@H](CC(C)C)C(=O)N[C@@H](CC(C)C)C(=O)N(C)[C@@H](CC(C)C)C(=O)N[C@H](C(=O)N2CCCCC2)CC1=O. The van der Waals surface area contributed by atoms with E-state index >= 15 is 47.9 Å². The molecule has 2 heterocycles. The lowest BCUT2D eigenvalue weighted by molar-refractivity contribution is -0.151. The number of nitrogens with one attached hydrogen (secondary N) is 5. The number of unbranched alkanes of at least 4 members (excludes halogenated alkanes) is 2. The molecule has 1 unspecified atom stereocenters. The number of benzene rings is 2. The molecule has 31 heteroatoms. The standard InChI is InChI=1S/C78H126ClN13O16S/c1-18-20-35-91-47-67(96)85(12)63(45-55-31-28-32-56(79)43-55)72(100)80-57(33-34-65(94)84-109(17,107)108)74(102)87(14)62(42-52(9)10)73(101)83-69(53(11)93)78(106)92(36-21-19-2)48-68(97)86(13)64(44-54-29-24-22-25-30-54)77(105)89(16)61(41-51(7)8)71(99)81-58(39-49(3)4)75(103)88(15)60(40-50(5)6)70(98)82-59(46-66(91)95)76(104)90-37-26-23-27-38-90/h22,24-25,28-32,43,49-53,57-64,69,73,83,93,101H,18-21,23,26-27,33-42,44-48H2,1-17H3,(H,80,100)(H,81,99)(H,82,98)(H,84,94)/t53-,57+,58+,59+,60+,61+,62+,63+,64+,69+,73?/m1/s1. The Bertz CT molecular complexity index is 3490. The Balaban J connectivity index is 2.07. The van der Waals surface area contributed by atoms with Gasteiger partial charge in [-0.2, -0.15) is 0 Å². The first-order chi connectivity index (χ1) is 51.1. The van der Waals surface area contributed by atoms with E-state index in [0.29, 0.717) is 62.7 Å². The first kappa shape index (κ1) is 93.6. The zero-order valence-corrected chi connectivity index (χ0v) is 69.0. The quantitative estimate of drug-likeness (QED) is 0.0778. The van der Waals surface area contributed by atoms with Gasteiger partial charge in [-0.1, -0.05) is 136 Å². The number of nitrogens with zero attached hydrogens (tertiary/aromatic N) is 8. The molecule has 0 aromatic heterocycles. The third kappa shape index (κ3) is 29.8. The smallest absolute Gasteiger partial charge is 0.246 e. The van der Waals surface area contributed by atoms with Gasteiger partial charge in [0.15, 0.2) is 0 Å². The fourth-order valence-electron chi connectivity index (χ4n) is 13.7. The van der Waals surface area contributed by atoms with Crippen LogP contribution in [0.15, 0.2) is 54.6 Å². The number of likely N-dealkylation sites (N-methyl/N-ethyl adjacent to an activating group) is 5. The van der Waals surface area contributed by atoms with Crippen LogP contribution in [-0.4, -0.2) is 276 Å². The van der Waals surface area contributed by atoms with Crippen LogP contribution in [0.4, 0.5) is 0 Å². The summed E-state index contributed by atoms with van der Waals surface area (Å²) in [4.78, 5) is 191. The first-order valence-electron chi connectivity index (χ1n) is 38.6. The number of halogens is 1. The Morgan fingerprint density at radius 1 is 0.560 bits per heavy atom. The molecule has 2 saturated heterocycles. The highest BCUT2D eigenvalue weighted by molar-refractivity contribution is 7.89. The second kappa shape index (κ2) is 44.9. The van der Waals surface area contributed by atoms with Crippen molar-refractivity contribution in [3.63, 3.8) is 0 Å². The molecule has 2 aromatic carbocycles. The molecule has 2 aliphatic rings. The molecular formula is C78H126ClN13O16S. The number of likely N-dealkylation sites (tertiary alicyclic amines) is 1. The van der Waals surface area contributed by atoms with Crippen molar-refractivity contribution in [1.29, 1.82) is 0 Å². The van der Waals surface area contributed by atoms with Crippen LogP contribution in [0.25, 0.3) is 0 Å². The predicted octanol–water partition coefficient (Wildman–Crippen LogP) is 4.09. The molecule has 0 saturated carbocycles. The summed E-state index contributed by atoms with van der Waals surface area (Å²) < 4.78 is 26.6. The second-order valence-corrected chi connectivity index (χ2v) is 33.4. The Morgan fingerprint density at radius 3 is 1.58 bits per heavy atom. The van der Waals surface area contributed by atoms with E-state index in [9.17, 15) is 28.2 Å². The summed E-state index contributed by atoms with van der Waals surface area (Å²) in [5, 5.41) is 35.7. The zero-order valence-electron chi connectivity index (χ0n) is 67.4. The van der Waals surface area contributed by atoms with Crippen molar-refractivity contribution in [2.75, 3.05) is 80.8 Å². The minimum absolute atomic E-state index is 0.00574. The fraction of sp³-hybridized carbons (Fsp3) is 0.692. The molecule has 109 heavy (non-hydrogen) atoms. The number of amides is 12. The largest absolute Gasteiger partial charge is 0.391 e. The summed E-state index contributed by atoms with van der Waals surface area (Å²) in [6, 6.07) is 2.36. The van der Waals surface area contributed by atoms with Crippen LogP contribution in [-0.2, 0) is 80.4 Å². The van der Waals surface area contributed by atoms with Crippen LogP contribution in [0, 0.1) is 23.7 Å². The third-order valence-electron chi connectivity index (χ3n) is 20.0. The molecule has 0 aliphatic carbocycles. The molecule has 12 amide bonds. The van der Waals surface area contributed by atoms with E-state index in [0.717, 1.165) is 22.5 Å². The summed E-state index contributed by atoms with van der Waals surface area (Å²) in [7, 11) is 2.75. The Morgan fingerprint density at radius 2 is 1.05 bits per heavy atom. The predicted molar refractivity (Wildman–Crippen MR) is 417 cm³/mol. The van der Waals surface area contributed by atoms with Gasteiger partial charge in [0.2, 0.25) is 80.9 Å². The van der Waals surface area contributed by atoms with Crippen molar-refractivity contribution < 1.29 is 76.2 Å². The Labute approximate surface area is 651 Å². The van der Waals surface area contributed by atoms with Crippen LogP contribution < -0.4 is 26.0 Å². The van der Waals surface area contributed by atoms with E-state index in [2.05, 4.69) is 21.3 Å². The molecule has 11 atom stereocenters. The van der Waals surface area contributed by atoms with E-state index in [-0.39, 0.29) is 80.3 Å². The maximum absolute atomic E-state index is 15.5. The molecule has 0 radical (unpaired) electrons. The van der Waals surface area contributed by atoms with E-state index < -0.39 is 180 Å². The van der Waals surface area contributed by atoms with Gasteiger partial charge in [0.1, 0.15) is 54.6 Å². The number of aliphatic hydroxyl groups excluding tert-OH is 2. The lowest BCUT2D eigenvalue weighted by Gasteiger charge is -2.39. The van der Waals surface area contributed by atoms with E-state index in [1.165, 1.54) is 66.7 Å². The van der Waals surface area contributed by atoms with Gasteiger partial charge in [-0.3, -0.25) is 67.6 Å². The number of rotatable bonds is 24. The average molecular weight is 1570 g/mol. The number of hydrogen-bond donors (Lipinski definition) is 7. The zero-order chi connectivity index (χ0) is 81.9. The summed E-state index contributed by atoms with van der Waals surface area (Å²) in [5.41, 5.74) is 1.08. The molecule has 7 N–H and O–H groups in total. The van der Waals surface area contributed by atoms with Crippen LogP contribution in [0.2, 0.25) is 5.02 Å². The molecule has 2 fully saturated rings. The number of aliphatic hydroxyl groups is 2. The van der Waals surface area contributed by atoms with Gasteiger partial charge >= 0.3 is 0 Å². The molecule has 29 nitrogen and oxygen atoms in total. The number of hydrogen-bond acceptors (Lipinski definition) is 17. The van der Waals surface area contributed by atoms with Gasteiger partial charge in [0.05, 0.1) is 37.9 Å². The maximum Gasteiger partial charge on any atom is 0.246 e. The van der Waals surface area contributed by atoms with Crippen LogP contribution >= 0.6 is 11.6 Å². The van der Waals surface area contributed by atoms with E-state index in [1.54, 1.807) is 73.3 Å². The Kier molecular flexibility index (Phi) is 38.5. The average Bonchev–Trinajstić information content (AvgIpc) is 0.817. The van der Waals surface area contributed by atoms with Gasteiger partial charge in [0.25, 0.3) is 0 Å². The maximum atomic E-state index is 15.5. The van der Waals surface area contributed by atoms with Gasteiger partial charge in [-0.05, 0) is 118 Å². The highest BCUT2D eigenvalue weighted by Crippen LogP contribution is 2.25. The van der Waals surface area contributed by atoms with E-state index in [1.807, 2.05) is 60.1 Å². The Hall–Kier alpha value is -7.80. The van der Waals surface area contributed by atoms with Gasteiger partial charge in [-0.15, -0.1) is 0 Å².